The molecule has 3 amide bonds. The highest BCUT2D eigenvalue weighted by atomic mass is 16.2. The molecule has 0 saturated carbocycles. The first kappa shape index (κ1) is 16.2. The monoisotopic (exact) mass is 302 g/mol. The molecule has 22 heavy (non-hydrogen) atoms. The van der Waals surface area contributed by atoms with Crippen LogP contribution in [-0.2, 0) is 22.6 Å². The average molecular weight is 302 g/mol. The summed E-state index contributed by atoms with van der Waals surface area (Å²) >= 11 is 0. The number of nitrogens with one attached hydrogen (secondary N) is 1. The Kier molecular flexibility index (Phi) is 4.96. The molecule has 1 atom stereocenters. The molecule has 1 aromatic carbocycles. The number of benzene rings is 1. The number of nitrogens with zero attached hydrogens (tertiary/aromatic N) is 1. The second-order valence-corrected chi connectivity index (χ2v) is 5.25. The van der Waals surface area contributed by atoms with Crippen molar-refractivity contribution in [2.24, 2.45) is 0 Å². The molecule has 0 spiro atoms. The number of hydrogen-bond donors (Lipinski definition) is 1. The molecule has 0 radical (unpaired) electrons. The molecular weight excluding hydrogens is 280 g/mol. The molecule has 1 N–H and O–H groups in total. The lowest BCUT2D eigenvalue weighted by atomic mass is 10.0. The van der Waals surface area contributed by atoms with E-state index in [0.717, 1.165) is 17.5 Å². The van der Waals surface area contributed by atoms with Crippen LogP contribution in [0.15, 0.2) is 18.2 Å². The van der Waals surface area contributed by atoms with Gasteiger partial charge >= 0.3 is 0 Å². The van der Waals surface area contributed by atoms with Crippen molar-refractivity contribution in [3.63, 3.8) is 0 Å². The maximum absolute atomic E-state index is 12.5. The largest absolute Gasteiger partial charge is 0.322 e. The van der Waals surface area contributed by atoms with Crippen molar-refractivity contribution < 1.29 is 14.4 Å². The van der Waals surface area contributed by atoms with E-state index in [4.69, 9.17) is 0 Å². The first-order valence-electron chi connectivity index (χ1n) is 7.86. The Morgan fingerprint density at radius 3 is 2.59 bits per heavy atom. The van der Waals surface area contributed by atoms with Crippen LogP contribution in [-0.4, -0.2) is 28.7 Å². The molecule has 1 saturated heterocycles. The van der Waals surface area contributed by atoms with Crippen molar-refractivity contribution in [1.29, 1.82) is 0 Å². The zero-order valence-electron chi connectivity index (χ0n) is 13.3. The Morgan fingerprint density at radius 1 is 1.23 bits per heavy atom. The van der Waals surface area contributed by atoms with Gasteiger partial charge in [-0.25, -0.2) is 0 Å². The molecule has 2 aliphatic rings. The van der Waals surface area contributed by atoms with Gasteiger partial charge in [-0.1, -0.05) is 32.9 Å². The van der Waals surface area contributed by atoms with Gasteiger partial charge in [0.05, 0.1) is 0 Å². The maximum atomic E-state index is 12.5. The van der Waals surface area contributed by atoms with E-state index >= 15 is 0 Å². The zero-order valence-corrected chi connectivity index (χ0v) is 13.3. The summed E-state index contributed by atoms with van der Waals surface area (Å²) in [6.45, 7) is 6.49. The summed E-state index contributed by atoms with van der Waals surface area (Å²) in [4.78, 5) is 37.1. The normalized spacial score (nSPS) is 20.2. The van der Waals surface area contributed by atoms with Crippen molar-refractivity contribution >= 4 is 17.7 Å². The van der Waals surface area contributed by atoms with Crippen LogP contribution in [0.2, 0.25) is 0 Å². The summed E-state index contributed by atoms with van der Waals surface area (Å²) in [6, 6.07) is 5.35. The van der Waals surface area contributed by atoms with Crippen LogP contribution in [0.25, 0.3) is 0 Å². The summed E-state index contributed by atoms with van der Waals surface area (Å²) in [5.41, 5.74) is 2.76. The third-order valence-corrected chi connectivity index (χ3v) is 4.00. The summed E-state index contributed by atoms with van der Waals surface area (Å²) in [5, 5.41) is 2.30. The fourth-order valence-corrected chi connectivity index (χ4v) is 2.82. The minimum atomic E-state index is -0.530. The van der Waals surface area contributed by atoms with Crippen LogP contribution in [0.3, 0.4) is 0 Å². The number of rotatable bonds is 2. The Balaban J connectivity index is 0.000000847. The Bertz CT molecular complexity index is 610. The lowest BCUT2D eigenvalue weighted by Gasteiger charge is -2.29. The number of amides is 3. The summed E-state index contributed by atoms with van der Waals surface area (Å²) in [5.74, 6) is -0.730. The van der Waals surface area contributed by atoms with Crippen LogP contribution in [0.1, 0.15) is 55.1 Å². The van der Waals surface area contributed by atoms with Crippen LogP contribution in [0.4, 0.5) is 0 Å². The Morgan fingerprint density at radius 2 is 1.95 bits per heavy atom. The van der Waals surface area contributed by atoms with Crippen LogP contribution in [0.5, 0.6) is 0 Å². The summed E-state index contributed by atoms with van der Waals surface area (Å²) < 4.78 is 0. The molecule has 5 heteroatoms. The molecule has 0 aliphatic carbocycles. The molecule has 1 fully saturated rings. The van der Waals surface area contributed by atoms with E-state index in [0.29, 0.717) is 18.5 Å². The minimum absolute atomic E-state index is 0.107. The van der Waals surface area contributed by atoms with E-state index in [2.05, 4.69) is 5.32 Å². The summed E-state index contributed by atoms with van der Waals surface area (Å²) in [6.07, 6.45) is 1.57. The van der Waals surface area contributed by atoms with Gasteiger partial charge in [-0.05, 0) is 30.0 Å². The van der Waals surface area contributed by atoms with E-state index < -0.39 is 6.04 Å². The fraction of sp³-hybridized carbons (Fsp3) is 0.471. The standard InChI is InChI=1S/C15H16N2O3.C2H6/c1-2-9-3-4-10-8-17(15(20)11(10)7-9)12-5-6-13(18)16-14(12)19;1-2/h3-4,7,12H,2,5-6,8H2,1H3,(H,16,18,19);1-2H3. The van der Waals surface area contributed by atoms with E-state index in [1.54, 1.807) is 4.90 Å². The van der Waals surface area contributed by atoms with E-state index in [1.807, 2.05) is 39.0 Å². The Hall–Kier alpha value is -2.17. The number of carbonyl (C=O) groups excluding carboxylic acids is 3. The first-order chi connectivity index (χ1) is 10.6. The predicted molar refractivity (Wildman–Crippen MR) is 83.2 cm³/mol. The van der Waals surface area contributed by atoms with E-state index in [-0.39, 0.29) is 24.1 Å². The van der Waals surface area contributed by atoms with Crippen molar-refractivity contribution in [2.75, 3.05) is 0 Å². The smallest absolute Gasteiger partial charge is 0.255 e. The molecule has 0 aromatic heterocycles. The van der Waals surface area contributed by atoms with Crippen molar-refractivity contribution in [2.45, 2.75) is 52.6 Å². The van der Waals surface area contributed by atoms with Gasteiger partial charge in [-0.15, -0.1) is 0 Å². The zero-order chi connectivity index (χ0) is 16.3. The van der Waals surface area contributed by atoms with Gasteiger partial charge < -0.3 is 4.90 Å². The number of fused-ring (bicyclic) bond motifs is 1. The molecule has 118 valence electrons. The lowest BCUT2D eigenvalue weighted by Crippen LogP contribution is -2.52. The fourth-order valence-electron chi connectivity index (χ4n) is 2.82. The molecule has 2 heterocycles. The second kappa shape index (κ2) is 6.73. The van der Waals surface area contributed by atoms with E-state index in [1.165, 1.54) is 0 Å². The number of aryl methyl sites for hydroxylation is 1. The highest BCUT2D eigenvalue weighted by molar-refractivity contribution is 6.05. The maximum Gasteiger partial charge on any atom is 0.255 e. The van der Waals surface area contributed by atoms with Crippen LogP contribution < -0.4 is 5.32 Å². The van der Waals surface area contributed by atoms with E-state index in [9.17, 15) is 14.4 Å². The molecule has 3 rings (SSSR count). The number of carbonyl (C=O) groups is 3. The Labute approximate surface area is 130 Å². The molecular formula is C17H22N2O3. The highest BCUT2D eigenvalue weighted by Crippen LogP contribution is 2.28. The van der Waals surface area contributed by atoms with Crippen molar-refractivity contribution in [1.82, 2.24) is 10.2 Å². The topological polar surface area (TPSA) is 66.5 Å². The average Bonchev–Trinajstić information content (AvgIpc) is 2.86. The number of piperidine rings is 1. The predicted octanol–water partition coefficient (Wildman–Crippen LogP) is 2.04. The number of hydrogen-bond acceptors (Lipinski definition) is 3. The minimum Gasteiger partial charge on any atom is -0.322 e. The molecule has 0 bridgehead atoms. The SMILES string of the molecule is CC.CCc1ccc2c(c1)C(=O)N(C1CCC(=O)NC1=O)C2. The van der Waals surface area contributed by atoms with Gasteiger partial charge in [0.15, 0.2) is 0 Å². The first-order valence-corrected chi connectivity index (χ1v) is 7.86. The molecule has 1 aromatic rings. The second-order valence-electron chi connectivity index (χ2n) is 5.25. The third kappa shape index (κ3) is 2.89. The lowest BCUT2D eigenvalue weighted by molar-refractivity contribution is -0.136. The van der Waals surface area contributed by atoms with Crippen LogP contribution >= 0.6 is 0 Å². The third-order valence-electron chi connectivity index (χ3n) is 4.00. The van der Waals surface area contributed by atoms with Gasteiger partial charge in [0.1, 0.15) is 6.04 Å². The van der Waals surface area contributed by atoms with Gasteiger partial charge in [0.25, 0.3) is 5.91 Å². The highest BCUT2D eigenvalue weighted by Gasteiger charge is 2.38. The van der Waals surface area contributed by atoms with Gasteiger partial charge in [0.2, 0.25) is 11.8 Å². The van der Waals surface area contributed by atoms with Crippen LogP contribution in [0, 0.1) is 0 Å². The summed E-state index contributed by atoms with van der Waals surface area (Å²) in [7, 11) is 0. The van der Waals surface area contributed by atoms with Gasteiger partial charge in [-0.3, -0.25) is 19.7 Å². The van der Waals surface area contributed by atoms with Crippen molar-refractivity contribution in [3.8, 4) is 0 Å². The molecule has 2 aliphatic heterocycles. The van der Waals surface area contributed by atoms with Crippen molar-refractivity contribution in [3.05, 3.63) is 34.9 Å². The number of imide groups is 1. The van der Waals surface area contributed by atoms with Gasteiger partial charge in [0, 0.05) is 18.5 Å². The molecule has 1 unspecified atom stereocenters. The van der Waals surface area contributed by atoms with Gasteiger partial charge in [-0.2, -0.15) is 0 Å². The quantitative estimate of drug-likeness (QED) is 0.850. The molecule has 5 nitrogen and oxygen atoms in total.